The zero-order valence-electron chi connectivity index (χ0n) is 9.08. The minimum absolute atomic E-state index is 0.0806. The van der Waals surface area contributed by atoms with Gasteiger partial charge in [0.2, 0.25) is 0 Å². The summed E-state index contributed by atoms with van der Waals surface area (Å²) in [6.45, 7) is 0. The van der Waals surface area contributed by atoms with E-state index in [-0.39, 0.29) is 11.9 Å². The van der Waals surface area contributed by atoms with Gasteiger partial charge in [0.1, 0.15) is 6.04 Å². The lowest BCUT2D eigenvalue weighted by Gasteiger charge is -2.45. The highest BCUT2D eigenvalue weighted by Crippen LogP contribution is 2.37. The molecular formula is C10H13NO3S2. The fourth-order valence-corrected chi connectivity index (χ4v) is 4.13. The largest absolute Gasteiger partial charge is 0.369 e. The van der Waals surface area contributed by atoms with Crippen molar-refractivity contribution in [2.24, 2.45) is 0 Å². The van der Waals surface area contributed by atoms with Crippen LogP contribution in [0.25, 0.3) is 0 Å². The zero-order chi connectivity index (χ0) is 11.9. The number of methoxy groups -OCH3 is 1. The summed E-state index contributed by atoms with van der Waals surface area (Å²) in [6.07, 6.45) is 4.77. The van der Waals surface area contributed by atoms with Crippen molar-refractivity contribution in [3.05, 3.63) is 22.5 Å². The van der Waals surface area contributed by atoms with E-state index in [4.69, 9.17) is 4.74 Å². The third-order valence-electron chi connectivity index (χ3n) is 2.70. The van der Waals surface area contributed by atoms with Crippen LogP contribution in [0.2, 0.25) is 0 Å². The Balaban J connectivity index is 2.31. The van der Waals surface area contributed by atoms with Crippen LogP contribution < -0.4 is 0 Å². The molecule has 0 radical (unpaired) electrons. The molecule has 0 aliphatic carbocycles. The lowest BCUT2D eigenvalue weighted by molar-refractivity contribution is -0.154. The SMILES string of the molecule is C=S1(=O)C=CC=C1[C@H]1[C@@H](OC)C(=O)N1SC. The molecule has 4 nitrogen and oxygen atoms in total. The first-order valence-corrected chi connectivity index (χ1v) is 7.65. The van der Waals surface area contributed by atoms with Crippen LogP contribution in [0.3, 0.4) is 0 Å². The molecule has 88 valence electrons. The molecule has 2 heterocycles. The van der Waals surface area contributed by atoms with E-state index in [0.717, 1.165) is 0 Å². The first-order valence-electron chi connectivity index (χ1n) is 4.68. The second kappa shape index (κ2) is 3.94. The number of rotatable bonds is 3. The molecule has 6 heteroatoms. The molecule has 3 atom stereocenters. The van der Waals surface area contributed by atoms with Crippen molar-refractivity contribution in [2.75, 3.05) is 13.4 Å². The molecule has 2 rings (SSSR count). The highest BCUT2D eigenvalue weighted by molar-refractivity contribution is 8.06. The number of amides is 1. The van der Waals surface area contributed by atoms with Gasteiger partial charge >= 0.3 is 0 Å². The molecule has 1 unspecified atom stereocenters. The van der Waals surface area contributed by atoms with Gasteiger partial charge in [0.25, 0.3) is 5.91 Å². The van der Waals surface area contributed by atoms with Gasteiger partial charge in [-0.3, -0.25) is 13.3 Å². The van der Waals surface area contributed by atoms with Gasteiger partial charge in [-0.2, -0.15) is 0 Å². The molecule has 0 aromatic heterocycles. The highest BCUT2D eigenvalue weighted by Gasteiger charge is 2.51. The Morgan fingerprint density at radius 3 is 2.75 bits per heavy atom. The topological polar surface area (TPSA) is 46.6 Å². The number of hydrogen-bond acceptors (Lipinski definition) is 4. The van der Waals surface area contributed by atoms with E-state index in [1.807, 2.05) is 6.26 Å². The zero-order valence-corrected chi connectivity index (χ0v) is 10.7. The van der Waals surface area contributed by atoms with E-state index in [1.165, 1.54) is 19.1 Å². The van der Waals surface area contributed by atoms with Crippen molar-refractivity contribution in [3.63, 3.8) is 0 Å². The van der Waals surface area contributed by atoms with Crippen LogP contribution in [-0.2, 0) is 19.1 Å². The highest BCUT2D eigenvalue weighted by atomic mass is 32.2. The van der Waals surface area contributed by atoms with Crippen molar-refractivity contribution in [2.45, 2.75) is 12.1 Å². The van der Waals surface area contributed by atoms with Crippen molar-refractivity contribution >= 4 is 33.2 Å². The lowest BCUT2D eigenvalue weighted by Crippen LogP contribution is -2.63. The van der Waals surface area contributed by atoms with Crippen LogP contribution in [-0.4, -0.2) is 45.8 Å². The molecule has 1 saturated heterocycles. The molecule has 0 aromatic rings. The predicted octanol–water partition coefficient (Wildman–Crippen LogP) is 0.618. The van der Waals surface area contributed by atoms with Gasteiger partial charge in [-0.1, -0.05) is 18.0 Å². The molecule has 1 fully saturated rings. The van der Waals surface area contributed by atoms with Crippen LogP contribution in [0.4, 0.5) is 0 Å². The average molecular weight is 259 g/mol. The van der Waals surface area contributed by atoms with Crippen LogP contribution >= 0.6 is 11.9 Å². The summed E-state index contributed by atoms with van der Waals surface area (Å²) in [5, 5.41) is 1.58. The fraction of sp³-hybridized carbons (Fsp3) is 0.400. The summed E-state index contributed by atoms with van der Waals surface area (Å²) in [6, 6.07) is -0.257. The Morgan fingerprint density at radius 2 is 2.31 bits per heavy atom. The molecule has 0 spiro atoms. The molecule has 16 heavy (non-hydrogen) atoms. The maximum Gasteiger partial charge on any atom is 0.264 e. The van der Waals surface area contributed by atoms with Gasteiger partial charge in [-0.25, -0.2) is 0 Å². The Bertz CT molecular complexity index is 464. The molecule has 2 aliphatic heterocycles. The molecular weight excluding hydrogens is 246 g/mol. The summed E-state index contributed by atoms with van der Waals surface area (Å²) in [5.74, 6) is 3.61. The summed E-state index contributed by atoms with van der Waals surface area (Å²) >= 11 is 1.32. The number of carbonyl (C=O) groups is 1. The molecule has 0 N–H and O–H groups in total. The second-order valence-electron chi connectivity index (χ2n) is 3.57. The molecule has 2 aliphatic rings. The molecule has 0 aromatic carbocycles. The van der Waals surface area contributed by atoms with Gasteiger partial charge in [-0.15, -0.1) is 0 Å². The van der Waals surface area contributed by atoms with E-state index < -0.39 is 15.6 Å². The summed E-state index contributed by atoms with van der Waals surface area (Å²) in [4.78, 5) is 12.3. The minimum atomic E-state index is -2.36. The van der Waals surface area contributed by atoms with Crippen LogP contribution in [0.1, 0.15) is 0 Å². The molecule has 0 saturated carbocycles. The Morgan fingerprint density at radius 1 is 1.62 bits per heavy atom. The number of hydrogen-bond donors (Lipinski definition) is 0. The summed E-state index contributed by atoms with van der Waals surface area (Å²) < 4.78 is 18.8. The van der Waals surface area contributed by atoms with E-state index in [0.29, 0.717) is 4.91 Å². The van der Waals surface area contributed by atoms with E-state index in [9.17, 15) is 9.00 Å². The van der Waals surface area contributed by atoms with E-state index in [1.54, 1.807) is 21.9 Å². The monoisotopic (exact) mass is 259 g/mol. The van der Waals surface area contributed by atoms with Crippen molar-refractivity contribution in [3.8, 4) is 0 Å². The van der Waals surface area contributed by atoms with Crippen molar-refractivity contribution in [1.82, 2.24) is 4.31 Å². The van der Waals surface area contributed by atoms with Crippen LogP contribution in [0, 0.1) is 0 Å². The third kappa shape index (κ3) is 1.52. The van der Waals surface area contributed by atoms with Crippen LogP contribution in [0.5, 0.6) is 0 Å². The Labute approximate surface area is 99.5 Å². The van der Waals surface area contributed by atoms with Gasteiger partial charge in [0, 0.05) is 27.8 Å². The van der Waals surface area contributed by atoms with Gasteiger partial charge in [0.05, 0.1) is 0 Å². The summed E-state index contributed by atoms with van der Waals surface area (Å²) in [5.41, 5.74) is 0. The number of nitrogens with zero attached hydrogens (tertiary/aromatic N) is 1. The lowest BCUT2D eigenvalue weighted by atomic mass is 10.0. The normalized spacial score (nSPS) is 37.5. The molecule has 1 amide bonds. The minimum Gasteiger partial charge on any atom is -0.369 e. The number of allylic oxidation sites excluding steroid dienone is 2. The van der Waals surface area contributed by atoms with E-state index >= 15 is 0 Å². The Hall–Kier alpha value is -0.720. The fourth-order valence-electron chi connectivity index (χ4n) is 1.89. The summed E-state index contributed by atoms with van der Waals surface area (Å²) in [7, 11) is -0.876. The Kier molecular flexibility index (Phi) is 2.90. The first kappa shape index (κ1) is 11.8. The maximum absolute atomic E-state index is 12.1. The number of ether oxygens (including phenoxy) is 1. The van der Waals surface area contributed by atoms with Gasteiger partial charge in [-0.05, 0) is 17.4 Å². The average Bonchev–Trinajstić information content (AvgIpc) is 2.55. The van der Waals surface area contributed by atoms with Crippen LogP contribution in [0.15, 0.2) is 22.5 Å². The smallest absolute Gasteiger partial charge is 0.264 e. The predicted molar refractivity (Wildman–Crippen MR) is 67.4 cm³/mol. The van der Waals surface area contributed by atoms with E-state index in [2.05, 4.69) is 5.87 Å². The first-order chi connectivity index (χ1) is 7.53. The third-order valence-corrected chi connectivity index (χ3v) is 5.27. The maximum atomic E-state index is 12.1. The molecule has 0 bridgehead atoms. The standard InChI is InChI=1S/C10H13NO3S2/c1-14-9-8(11(15-2)10(9)12)7-5-4-6-16(7,3)13/h4-6,8-9H,3H2,1-2H3/t8-,9+,16?/m0/s1. The quantitative estimate of drug-likeness (QED) is 0.423. The van der Waals surface area contributed by atoms with Gasteiger partial charge in [0.15, 0.2) is 6.10 Å². The van der Waals surface area contributed by atoms with Crippen molar-refractivity contribution in [1.29, 1.82) is 0 Å². The number of carbonyl (C=O) groups excluding carboxylic acids is 1. The number of β-lactam (4-membered cyclic amide) rings is 1. The second-order valence-corrected chi connectivity index (χ2v) is 6.53. The van der Waals surface area contributed by atoms with Crippen molar-refractivity contribution < 1.29 is 13.7 Å². The van der Waals surface area contributed by atoms with Gasteiger partial charge < -0.3 is 4.74 Å².